The first-order valence-electron chi connectivity index (χ1n) is 6.48. The van der Waals surface area contributed by atoms with Gasteiger partial charge in [0.05, 0.1) is 16.9 Å². The van der Waals surface area contributed by atoms with Crippen molar-refractivity contribution in [2.45, 2.75) is 32.7 Å². The zero-order valence-corrected chi connectivity index (χ0v) is 12.4. The molecule has 0 unspecified atom stereocenters. The minimum absolute atomic E-state index is 0.0686. The number of anilines is 1. The summed E-state index contributed by atoms with van der Waals surface area (Å²) in [5.74, 6) is 0. The number of halogens is 1. The molecule has 0 aromatic carbocycles. The van der Waals surface area contributed by atoms with Crippen LogP contribution in [0.2, 0.25) is 5.02 Å². The number of rotatable bonds is 5. The highest BCUT2D eigenvalue weighted by Gasteiger charge is 2.23. The van der Waals surface area contributed by atoms with E-state index in [4.69, 9.17) is 11.6 Å². The SMILES string of the molecule is CCC(CC)n1c(O)nc2ncc(Cl)c(N(C)C=O)c21. The first-order valence-corrected chi connectivity index (χ1v) is 6.86. The Balaban J connectivity index is 2.83. The fraction of sp³-hybridized carbons (Fsp3) is 0.462. The number of aromatic nitrogens is 3. The van der Waals surface area contributed by atoms with Crippen LogP contribution in [0.25, 0.3) is 11.2 Å². The maximum atomic E-state index is 11.1. The van der Waals surface area contributed by atoms with Gasteiger partial charge in [-0.15, -0.1) is 0 Å². The van der Waals surface area contributed by atoms with Crippen molar-refractivity contribution in [1.82, 2.24) is 14.5 Å². The summed E-state index contributed by atoms with van der Waals surface area (Å²) in [6.07, 6.45) is 3.75. The highest BCUT2D eigenvalue weighted by molar-refractivity contribution is 6.35. The van der Waals surface area contributed by atoms with E-state index in [2.05, 4.69) is 9.97 Å². The Morgan fingerprint density at radius 2 is 2.15 bits per heavy atom. The zero-order chi connectivity index (χ0) is 14.9. The largest absolute Gasteiger partial charge is 0.480 e. The molecule has 0 bridgehead atoms. The Labute approximate surface area is 122 Å². The average molecular weight is 297 g/mol. The zero-order valence-electron chi connectivity index (χ0n) is 11.7. The van der Waals surface area contributed by atoms with E-state index in [1.54, 1.807) is 11.6 Å². The number of carbonyl (C=O) groups is 1. The van der Waals surface area contributed by atoms with Crippen LogP contribution in [-0.2, 0) is 4.79 Å². The van der Waals surface area contributed by atoms with Crippen LogP contribution in [0.1, 0.15) is 32.7 Å². The lowest BCUT2D eigenvalue weighted by Crippen LogP contribution is -2.17. The van der Waals surface area contributed by atoms with Crippen molar-refractivity contribution >= 4 is 34.9 Å². The third-order valence-corrected chi connectivity index (χ3v) is 3.72. The van der Waals surface area contributed by atoms with Gasteiger partial charge in [-0.3, -0.25) is 9.36 Å². The van der Waals surface area contributed by atoms with E-state index in [-0.39, 0.29) is 12.1 Å². The molecular formula is C13H17ClN4O2. The van der Waals surface area contributed by atoms with Gasteiger partial charge in [-0.25, -0.2) is 4.98 Å². The topological polar surface area (TPSA) is 71.2 Å². The third kappa shape index (κ3) is 2.20. The van der Waals surface area contributed by atoms with E-state index in [1.807, 2.05) is 13.8 Å². The van der Waals surface area contributed by atoms with Crippen molar-refractivity contribution in [1.29, 1.82) is 0 Å². The Bertz CT molecular complexity index is 637. The molecule has 2 aromatic rings. The minimum atomic E-state index is -0.107. The molecule has 2 heterocycles. The van der Waals surface area contributed by atoms with Crippen LogP contribution in [-0.4, -0.2) is 33.1 Å². The smallest absolute Gasteiger partial charge is 0.296 e. The summed E-state index contributed by atoms with van der Waals surface area (Å²) < 4.78 is 1.70. The maximum Gasteiger partial charge on any atom is 0.296 e. The van der Waals surface area contributed by atoms with Crippen molar-refractivity contribution < 1.29 is 9.90 Å². The maximum absolute atomic E-state index is 11.1. The monoisotopic (exact) mass is 296 g/mol. The summed E-state index contributed by atoms with van der Waals surface area (Å²) in [6, 6.07) is -0.0388. The number of hydrogen-bond donors (Lipinski definition) is 1. The molecule has 0 fully saturated rings. The molecule has 20 heavy (non-hydrogen) atoms. The minimum Gasteiger partial charge on any atom is -0.480 e. The van der Waals surface area contributed by atoms with E-state index in [1.165, 1.54) is 11.1 Å². The van der Waals surface area contributed by atoms with Crippen molar-refractivity contribution in [3.8, 4) is 6.01 Å². The Hall–Kier alpha value is -1.82. The van der Waals surface area contributed by atoms with Crippen molar-refractivity contribution in [3.63, 3.8) is 0 Å². The number of fused-ring (bicyclic) bond motifs is 1. The van der Waals surface area contributed by atoms with Crippen LogP contribution >= 0.6 is 11.6 Å². The fourth-order valence-corrected chi connectivity index (χ4v) is 2.67. The van der Waals surface area contributed by atoms with Crippen molar-refractivity contribution in [3.05, 3.63) is 11.2 Å². The molecule has 2 rings (SSSR count). The number of aromatic hydroxyl groups is 1. The van der Waals surface area contributed by atoms with Crippen LogP contribution in [0, 0.1) is 0 Å². The van der Waals surface area contributed by atoms with E-state index in [0.717, 1.165) is 12.8 Å². The van der Waals surface area contributed by atoms with Crippen molar-refractivity contribution in [2.24, 2.45) is 0 Å². The highest BCUT2D eigenvalue weighted by Crippen LogP contribution is 2.37. The highest BCUT2D eigenvalue weighted by atomic mass is 35.5. The second-order valence-electron chi connectivity index (χ2n) is 4.60. The van der Waals surface area contributed by atoms with E-state index in [9.17, 15) is 9.90 Å². The standard InChI is InChI=1S/C13H17ClN4O2/c1-4-8(5-2)18-11-10(17(3)7-19)9(14)6-15-12(11)16-13(18)20/h6-8H,4-5H2,1-3H3,(H,15,16,20). The molecule has 6 nitrogen and oxygen atoms in total. The number of pyridine rings is 1. The molecule has 0 saturated carbocycles. The van der Waals surface area contributed by atoms with E-state index >= 15 is 0 Å². The molecule has 0 aliphatic rings. The quantitative estimate of drug-likeness (QED) is 0.861. The first-order chi connectivity index (χ1) is 9.54. The number of nitrogens with zero attached hydrogens (tertiary/aromatic N) is 4. The van der Waals surface area contributed by atoms with Gasteiger partial charge in [0.1, 0.15) is 5.52 Å². The number of hydrogen-bond acceptors (Lipinski definition) is 4. The molecule has 1 N–H and O–H groups in total. The predicted octanol–water partition coefficient (Wildman–Crippen LogP) is 2.74. The van der Waals surface area contributed by atoms with E-state index < -0.39 is 0 Å². The summed E-state index contributed by atoms with van der Waals surface area (Å²) in [6.45, 7) is 4.06. The van der Waals surface area contributed by atoms with Gasteiger partial charge in [-0.2, -0.15) is 4.98 Å². The molecule has 0 aliphatic heterocycles. The summed E-state index contributed by atoms with van der Waals surface area (Å²) in [7, 11) is 1.61. The average Bonchev–Trinajstić information content (AvgIpc) is 2.77. The fourth-order valence-electron chi connectivity index (χ4n) is 2.40. The number of amides is 1. The lowest BCUT2D eigenvalue weighted by Gasteiger charge is -2.20. The Morgan fingerprint density at radius 3 is 2.70 bits per heavy atom. The molecule has 0 aliphatic carbocycles. The van der Waals surface area contributed by atoms with Gasteiger partial charge in [0.15, 0.2) is 5.65 Å². The first kappa shape index (κ1) is 14.6. The molecule has 2 aromatic heterocycles. The molecule has 108 valence electrons. The molecule has 0 atom stereocenters. The van der Waals surface area contributed by atoms with Crippen LogP contribution in [0.5, 0.6) is 6.01 Å². The molecule has 0 spiro atoms. The lowest BCUT2D eigenvalue weighted by atomic mass is 10.1. The Kier molecular flexibility index (Phi) is 4.13. The molecule has 7 heteroatoms. The van der Waals surface area contributed by atoms with Crippen LogP contribution in [0.3, 0.4) is 0 Å². The van der Waals surface area contributed by atoms with Gasteiger partial charge in [-0.1, -0.05) is 25.4 Å². The predicted molar refractivity (Wildman–Crippen MR) is 78.3 cm³/mol. The molecular weight excluding hydrogens is 280 g/mol. The lowest BCUT2D eigenvalue weighted by molar-refractivity contribution is -0.107. The van der Waals surface area contributed by atoms with Gasteiger partial charge in [0, 0.05) is 13.1 Å². The second kappa shape index (κ2) is 5.66. The normalized spacial score (nSPS) is 11.2. The van der Waals surface area contributed by atoms with Crippen LogP contribution < -0.4 is 4.90 Å². The Morgan fingerprint density at radius 1 is 1.50 bits per heavy atom. The second-order valence-corrected chi connectivity index (χ2v) is 5.00. The summed E-state index contributed by atoms with van der Waals surface area (Å²) >= 11 is 6.16. The number of carbonyl (C=O) groups excluding carboxylic acids is 1. The molecule has 0 radical (unpaired) electrons. The summed E-state index contributed by atoms with van der Waals surface area (Å²) in [4.78, 5) is 20.6. The number of imidazole rings is 1. The van der Waals surface area contributed by atoms with Crippen LogP contribution in [0.4, 0.5) is 5.69 Å². The molecule has 0 saturated heterocycles. The van der Waals surface area contributed by atoms with Gasteiger partial charge in [-0.05, 0) is 12.8 Å². The van der Waals surface area contributed by atoms with Crippen LogP contribution in [0.15, 0.2) is 6.20 Å². The van der Waals surface area contributed by atoms with E-state index in [0.29, 0.717) is 28.3 Å². The van der Waals surface area contributed by atoms with Crippen molar-refractivity contribution in [2.75, 3.05) is 11.9 Å². The molecule has 1 amide bonds. The van der Waals surface area contributed by atoms with Gasteiger partial charge < -0.3 is 10.0 Å². The van der Waals surface area contributed by atoms with Gasteiger partial charge in [0.25, 0.3) is 6.01 Å². The summed E-state index contributed by atoms with van der Waals surface area (Å²) in [5, 5.41) is 10.4. The summed E-state index contributed by atoms with van der Waals surface area (Å²) in [5.41, 5.74) is 1.46. The third-order valence-electron chi connectivity index (χ3n) is 3.44. The van der Waals surface area contributed by atoms with Gasteiger partial charge >= 0.3 is 0 Å². The van der Waals surface area contributed by atoms with Gasteiger partial charge in [0.2, 0.25) is 6.41 Å².